The van der Waals surface area contributed by atoms with E-state index in [1.165, 1.54) is 123 Å². The second kappa shape index (κ2) is 21.8. The van der Waals surface area contributed by atoms with Crippen molar-refractivity contribution in [2.45, 2.75) is 65.2 Å². The van der Waals surface area contributed by atoms with Gasteiger partial charge in [-0.25, -0.2) is 0 Å². The molecule has 5 nitrogen and oxygen atoms in total. The smallest absolute Gasteiger partial charge is 0.00772 e. The third kappa shape index (κ3) is 23.8. The fraction of sp³-hybridized carbons (Fsp3) is 1.00. The molecule has 5 rings (SSSR count). The van der Waals surface area contributed by atoms with Crippen LogP contribution in [0.25, 0.3) is 0 Å². The van der Waals surface area contributed by atoms with E-state index in [0.29, 0.717) is 0 Å². The van der Waals surface area contributed by atoms with Crippen LogP contribution in [0.3, 0.4) is 0 Å². The van der Waals surface area contributed by atoms with Crippen LogP contribution in [0.15, 0.2) is 0 Å². The van der Waals surface area contributed by atoms with Crippen molar-refractivity contribution in [1.82, 2.24) is 26.6 Å². The summed E-state index contributed by atoms with van der Waals surface area (Å²) >= 11 is 0. The lowest BCUT2D eigenvalue weighted by molar-refractivity contribution is 0.520. The Hall–Kier alpha value is -0.200. The van der Waals surface area contributed by atoms with E-state index >= 15 is 0 Å². The summed E-state index contributed by atoms with van der Waals surface area (Å²) in [6.07, 6.45) is 12.6. The molecule has 5 aliphatic heterocycles. The summed E-state index contributed by atoms with van der Waals surface area (Å²) in [5.41, 5.74) is 0. The molecule has 5 heterocycles. The topological polar surface area (TPSA) is 70.1 Å². The summed E-state index contributed by atoms with van der Waals surface area (Å²) < 4.78 is 0. The molecule has 152 valence electrons. The van der Waals surface area contributed by atoms with E-state index in [4.69, 9.17) is 0 Å². The number of rotatable bonds is 0. The van der Waals surface area contributed by atoms with Gasteiger partial charge in [-0.15, -0.1) is 0 Å². The number of piperidine rings is 2. The Kier molecular flexibility index (Phi) is 21.7. The van der Waals surface area contributed by atoms with Gasteiger partial charge < -0.3 is 26.6 Å². The largest absolute Gasteiger partial charge is 0.317 e. The molecule has 5 aliphatic rings. The Morgan fingerprint density at radius 3 is 0.480 bits per heavy atom. The first-order chi connectivity index (χ1) is 12.0. The van der Waals surface area contributed by atoms with Crippen molar-refractivity contribution >= 4 is 0 Å². The van der Waals surface area contributed by atoms with Crippen molar-refractivity contribution in [3.05, 3.63) is 0 Å². The van der Waals surface area contributed by atoms with Crippen molar-refractivity contribution in [2.75, 3.05) is 65.4 Å². The molecule has 5 fully saturated rings. The standard InChI is InChI=1S/2C5H11N.C4H9N.C3H7N.C2H5N.CH4/c2*1-2-4-6-5-3-1;1-2-4-5-3-1;1-2-4-3-1;1-2-3-1;/h2*6H,1-5H2;5H,1-4H2;4H,1-3H2;3H,1-2H2;1H4. The first-order valence-electron chi connectivity index (χ1n) is 10.5. The zero-order valence-corrected chi connectivity index (χ0v) is 15.9. The fourth-order valence-corrected chi connectivity index (χ4v) is 2.41. The van der Waals surface area contributed by atoms with E-state index in [1.807, 2.05) is 0 Å². The highest BCUT2D eigenvalue weighted by Crippen LogP contribution is 1.97. The predicted molar refractivity (Wildman–Crippen MR) is 113 cm³/mol. The second-order valence-electron chi connectivity index (χ2n) is 6.93. The Morgan fingerprint density at radius 1 is 0.240 bits per heavy atom. The van der Waals surface area contributed by atoms with Gasteiger partial charge in [-0.3, -0.25) is 0 Å². The van der Waals surface area contributed by atoms with Crippen molar-refractivity contribution < 1.29 is 0 Å². The van der Waals surface area contributed by atoms with E-state index in [0.717, 1.165) is 0 Å². The summed E-state index contributed by atoms with van der Waals surface area (Å²) in [6, 6.07) is 0. The van der Waals surface area contributed by atoms with E-state index in [9.17, 15) is 0 Å². The number of hydrogen-bond donors (Lipinski definition) is 5. The van der Waals surface area contributed by atoms with E-state index in [1.54, 1.807) is 0 Å². The zero-order valence-electron chi connectivity index (χ0n) is 15.9. The van der Waals surface area contributed by atoms with Crippen LogP contribution in [0.2, 0.25) is 0 Å². The van der Waals surface area contributed by atoms with Crippen LogP contribution in [-0.4, -0.2) is 65.4 Å². The van der Waals surface area contributed by atoms with Crippen LogP contribution >= 0.6 is 0 Å². The van der Waals surface area contributed by atoms with E-state index < -0.39 is 0 Å². The summed E-state index contributed by atoms with van der Waals surface area (Å²) in [6.45, 7) is 12.5. The first kappa shape index (κ1) is 24.8. The van der Waals surface area contributed by atoms with Gasteiger partial charge in [0.1, 0.15) is 0 Å². The Balaban J connectivity index is 0.000000290. The molecule has 0 saturated carbocycles. The van der Waals surface area contributed by atoms with Crippen LogP contribution in [0.1, 0.15) is 65.2 Å². The minimum atomic E-state index is 0. The van der Waals surface area contributed by atoms with Gasteiger partial charge in [0.05, 0.1) is 0 Å². The quantitative estimate of drug-likeness (QED) is 0.430. The molecule has 0 unspecified atom stereocenters. The third-order valence-electron chi connectivity index (χ3n) is 4.33. The van der Waals surface area contributed by atoms with E-state index in [2.05, 4.69) is 26.6 Å². The number of hydrogen-bond acceptors (Lipinski definition) is 5. The average Bonchev–Trinajstić information content (AvgIpc) is 3.38. The van der Waals surface area contributed by atoms with Gasteiger partial charge in [0.25, 0.3) is 0 Å². The van der Waals surface area contributed by atoms with Gasteiger partial charge in [0.2, 0.25) is 0 Å². The molecule has 0 bridgehead atoms. The highest BCUT2D eigenvalue weighted by atomic mass is 15.0. The van der Waals surface area contributed by atoms with Crippen LogP contribution < -0.4 is 26.6 Å². The maximum absolute atomic E-state index is 3.28. The molecule has 0 radical (unpaired) electrons. The van der Waals surface area contributed by atoms with Gasteiger partial charge in [0.15, 0.2) is 0 Å². The molecule has 0 aromatic carbocycles. The maximum Gasteiger partial charge on any atom is 0.00772 e. The van der Waals surface area contributed by atoms with Crippen LogP contribution in [0.5, 0.6) is 0 Å². The fourth-order valence-electron chi connectivity index (χ4n) is 2.41. The molecule has 0 atom stereocenters. The zero-order chi connectivity index (χ0) is 17.0. The Morgan fingerprint density at radius 2 is 0.400 bits per heavy atom. The van der Waals surface area contributed by atoms with Gasteiger partial charge in [0, 0.05) is 13.1 Å². The molecule has 5 N–H and O–H groups in total. The molecular formula is C20H47N5. The molecule has 0 aliphatic carbocycles. The molecule has 0 aromatic heterocycles. The lowest BCUT2D eigenvalue weighted by atomic mass is 10.2. The second-order valence-corrected chi connectivity index (χ2v) is 6.93. The van der Waals surface area contributed by atoms with Gasteiger partial charge >= 0.3 is 0 Å². The van der Waals surface area contributed by atoms with Crippen molar-refractivity contribution in [3.63, 3.8) is 0 Å². The molecule has 5 saturated heterocycles. The molecule has 5 heteroatoms. The molecule has 0 aromatic rings. The third-order valence-corrected chi connectivity index (χ3v) is 4.33. The van der Waals surface area contributed by atoms with Crippen molar-refractivity contribution in [3.8, 4) is 0 Å². The minimum absolute atomic E-state index is 0. The maximum atomic E-state index is 3.28. The van der Waals surface area contributed by atoms with Crippen LogP contribution in [0.4, 0.5) is 0 Å². The molecular weight excluding hydrogens is 310 g/mol. The lowest BCUT2D eigenvalue weighted by Gasteiger charge is -2.09. The molecule has 0 spiro atoms. The van der Waals surface area contributed by atoms with Crippen LogP contribution in [0, 0.1) is 0 Å². The summed E-state index contributed by atoms with van der Waals surface area (Å²) in [5.74, 6) is 0. The highest BCUT2D eigenvalue weighted by Gasteiger charge is 1.95. The van der Waals surface area contributed by atoms with Crippen molar-refractivity contribution in [1.29, 1.82) is 0 Å². The first-order valence-corrected chi connectivity index (χ1v) is 10.5. The summed E-state index contributed by atoms with van der Waals surface area (Å²) in [4.78, 5) is 0. The van der Waals surface area contributed by atoms with Gasteiger partial charge in [-0.2, -0.15) is 0 Å². The SMILES string of the molecule is C.C1CCNC1.C1CCNCC1.C1CCNCC1.C1CN1.C1CNC1. The molecule has 25 heavy (non-hydrogen) atoms. The van der Waals surface area contributed by atoms with Gasteiger partial charge in [-0.05, 0) is 97.3 Å². The monoisotopic (exact) mass is 357 g/mol. The Labute approximate surface area is 157 Å². The average molecular weight is 358 g/mol. The van der Waals surface area contributed by atoms with Crippen molar-refractivity contribution in [2.24, 2.45) is 0 Å². The lowest BCUT2D eigenvalue weighted by Crippen LogP contribution is -2.29. The minimum Gasteiger partial charge on any atom is -0.317 e. The normalized spacial score (nSPS) is 23.0. The number of nitrogens with one attached hydrogen (secondary N) is 5. The Bertz CT molecular complexity index is 171. The van der Waals surface area contributed by atoms with Crippen LogP contribution in [-0.2, 0) is 0 Å². The summed E-state index contributed by atoms with van der Waals surface area (Å²) in [7, 11) is 0. The summed E-state index contributed by atoms with van der Waals surface area (Å²) in [5, 5.41) is 15.9. The predicted octanol–water partition coefficient (Wildman–Crippen LogP) is 2.10. The molecule has 0 amide bonds. The van der Waals surface area contributed by atoms with Gasteiger partial charge in [-0.1, -0.05) is 20.3 Å². The van der Waals surface area contributed by atoms with E-state index in [-0.39, 0.29) is 7.43 Å². The highest BCUT2D eigenvalue weighted by molar-refractivity contribution is 4.59.